The fraction of sp³-hybridized carbons (Fsp3) is 0.619. The van der Waals surface area contributed by atoms with Gasteiger partial charge in [0.2, 0.25) is 5.95 Å². The van der Waals surface area contributed by atoms with E-state index < -0.39 is 11.0 Å². The van der Waals surface area contributed by atoms with Gasteiger partial charge in [0, 0.05) is 44.2 Å². The minimum absolute atomic E-state index is 0.572. The van der Waals surface area contributed by atoms with Crippen LogP contribution in [-0.4, -0.2) is 53.0 Å². The van der Waals surface area contributed by atoms with Crippen molar-refractivity contribution < 1.29 is 4.21 Å². The lowest BCUT2D eigenvalue weighted by Gasteiger charge is -2.28. The van der Waals surface area contributed by atoms with E-state index in [-0.39, 0.29) is 0 Å². The molecule has 0 saturated heterocycles. The number of rotatable bonds is 10. The first-order valence-corrected chi connectivity index (χ1v) is 12.3. The van der Waals surface area contributed by atoms with Crippen LogP contribution in [0.1, 0.15) is 32.1 Å². The predicted molar refractivity (Wildman–Crippen MR) is 124 cm³/mol. The van der Waals surface area contributed by atoms with E-state index in [1.165, 1.54) is 25.7 Å². The van der Waals surface area contributed by atoms with Crippen molar-refractivity contribution in [2.75, 3.05) is 49.0 Å². The molecule has 0 radical (unpaired) electrons. The number of anilines is 2. The summed E-state index contributed by atoms with van der Waals surface area (Å²) in [6.45, 7) is 1.74. The van der Waals surface area contributed by atoms with Crippen molar-refractivity contribution in [3.63, 3.8) is 0 Å². The Labute approximate surface area is 181 Å². The molecule has 1 aromatic heterocycles. The number of hydrogen-bond acceptors (Lipinski definition) is 5. The molecule has 1 heterocycles. The Hall–Kier alpha value is -1.44. The quantitative estimate of drug-likeness (QED) is 0.553. The molecule has 0 amide bonds. The molecule has 2 N–H and O–H groups in total. The summed E-state index contributed by atoms with van der Waals surface area (Å²) in [6, 6.07) is 8.13. The number of benzene rings is 1. The summed E-state index contributed by atoms with van der Waals surface area (Å²) in [4.78, 5) is 11.4. The van der Waals surface area contributed by atoms with E-state index in [0.29, 0.717) is 29.4 Å². The second-order valence-corrected chi connectivity index (χ2v) is 9.76. The van der Waals surface area contributed by atoms with Crippen LogP contribution in [-0.2, 0) is 11.0 Å². The first-order valence-electron chi connectivity index (χ1n) is 10.4. The molecule has 8 heteroatoms. The monoisotopic (exact) mass is 437 g/mol. The lowest BCUT2D eigenvalue weighted by molar-refractivity contribution is 0.285. The molecule has 3 rings (SSSR count). The molecular weight excluding hydrogens is 406 g/mol. The van der Waals surface area contributed by atoms with Gasteiger partial charge in [0.25, 0.3) is 0 Å². The topological polar surface area (TPSA) is 70.2 Å². The third-order valence-electron chi connectivity index (χ3n) is 5.52. The van der Waals surface area contributed by atoms with Crippen molar-refractivity contribution in [1.82, 2.24) is 14.7 Å². The number of alkyl halides is 1. The molecule has 160 valence electrons. The molecule has 1 saturated carbocycles. The van der Waals surface area contributed by atoms with Crippen LogP contribution in [0.2, 0.25) is 0 Å². The van der Waals surface area contributed by atoms with E-state index in [0.717, 1.165) is 36.2 Å². The van der Waals surface area contributed by atoms with Crippen molar-refractivity contribution >= 4 is 45.3 Å². The van der Waals surface area contributed by atoms with Gasteiger partial charge in [-0.1, -0.05) is 12.1 Å². The summed E-state index contributed by atoms with van der Waals surface area (Å²) in [5.74, 6) is 4.10. The molecule has 1 aliphatic rings. The van der Waals surface area contributed by atoms with Crippen molar-refractivity contribution in [2.24, 2.45) is 11.8 Å². The number of fused-ring (bicyclic) bond motifs is 1. The largest absolute Gasteiger partial charge is 0.362 e. The fourth-order valence-corrected chi connectivity index (χ4v) is 5.09. The Kier molecular flexibility index (Phi) is 8.51. The average Bonchev–Trinajstić information content (AvgIpc) is 2.74. The zero-order chi connectivity index (χ0) is 20.6. The number of hydrogen-bond donors (Lipinski definition) is 2. The maximum absolute atomic E-state index is 11.9. The molecule has 1 unspecified atom stereocenters. The lowest BCUT2D eigenvalue weighted by atomic mass is 9.82. The van der Waals surface area contributed by atoms with Gasteiger partial charge in [0.1, 0.15) is 5.82 Å². The average molecular weight is 438 g/mol. The molecule has 29 heavy (non-hydrogen) atoms. The van der Waals surface area contributed by atoms with Crippen molar-refractivity contribution in [3.8, 4) is 0 Å². The maximum atomic E-state index is 11.9. The number of halogens is 1. The predicted octanol–water partition coefficient (Wildman–Crippen LogP) is 3.80. The van der Waals surface area contributed by atoms with E-state index in [1.807, 2.05) is 37.2 Å². The molecule has 1 aromatic carbocycles. The van der Waals surface area contributed by atoms with E-state index >= 15 is 0 Å². The van der Waals surface area contributed by atoms with E-state index in [1.54, 1.807) is 0 Å². The molecule has 1 fully saturated rings. The van der Waals surface area contributed by atoms with Crippen LogP contribution in [0, 0.1) is 11.8 Å². The normalized spacial score (nSPS) is 20.5. The Balaban J connectivity index is 1.47. The van der Waals surface area contributed by atoms with Crippen LogP contribution >= 0.6 is 11.6 Å². The van der Waals surface area contributed by atoms with Crippen LogP contribution in [0.3, 0.4) is 0 Å². The molecular formula is C21H32ClN5OS. The summed E-state index contributed by atoms with van der Waals surface area (Å²) in [5.41, 5.74) is 0.964. The van der Waals surface area contributed by atoms with E-state index in [9.17, 15) is 4.21 Å². The molecule has 6 nitrogen and oxygen atoms in total. The van der Waals surface area contributed by atoms with Gasteiger partial charge in [-0.25, -0.2) is 13.9 Å². The summed E-state index contributed by atoms with van der Waals surface area (Å²) >= 11 is 5.66. The van der Waals surface area contributed by atoms with Crippen LogP contribution in [0.5, 0.6) is 0 Å². The molecule has 1 atom stereocenters. The first kappa shape index (κ1) is 22.2. The highest BCUT2D eigenvalue weighted by Gasteiger charge is 2.22. The van der Waals surface area contributed by atoms with Crippen LogP contribution < -0.4 is 14.9 Å². The van der Waals surface area contributed by atoms with Gasteiger partial charge >= 0.3 is 0 Å². The number of para-hydroxylation sites is 1. The lowest BCUT2D eigenvalue weighted by Crippen LogP contribution is -2.30. The maximum Gasteiger partial charge on any atom is 0.225 e. The van der Waals surface area contributed by atoms with Crippen molar-refractivity contribution in [1.29, 1.82) is 0 Å². The second-order valence-electron chi connectivity index (χ2n) is 7.99. The van der Waals surface area contributed by atoms with Gasteiger partial charge < -0.3 is 10.2 Å². The minimum atomic E-state index is -0.944. The highest BCUT2D eigenvalue weighted by molar-refractivity contribution is 7.83. The first-order chi connectivity index (χ1) is 14.1. The standard InChI is InChI=1S/C21H32ClN5OS/c1-27(2)20-18-6-3-4-7-19(18)25-21(26-20)23-14-16-8-10-17(11-9-16)15-24-29(28)13-5-12-22/h3-4,6-7,16-17,24H,5,8-15H2,1-2H3,(H,23,25,26). The van der Waals surface area contributed by atoms with E-state index in [2.05, 4.69) is 21.1 Å². The highest BCUT2D eigenvalue weighted by atomic mass is 35.5. The van der Waals surface area contributed by atoms with Crippen LogP contribution in [0.25, 0.3) is 10.9 Å². The Morgan fingerprint density at radius 2 is 1.79 bits per heavy atom. The Morgan fingerprint density at radius 3 is 2.48 bits per heavy atom. The zero-order valence-electron chi connectivity index (χ0n) is 17.4. The molecule has 0 aliphatic heterocycles. The van der Waals surface area contributed by atoms with Crippen molar-refractivity contribution in [3.05, 3.63) is 24.3 Å². The van der Waals surface area contributed by atoms with Crippen LogP contribution in [0.4, 0.5) is 11.8 Å². The highest BCUT2D eigenvalue weighted by Crippen LogP contribution is 2.29. The molecule has 1 aliphatic carbocycles. The summed E-state index contributed by atoms with van der Waals surface area (Å²) in [6.07, 6.45) is 5.51. The third-order valence-corrected chi connectivity index (χ3v) is 6.93. The van der Waals surface area contributed by atoms with Gasteiger partial charge in [0.05, 0.1) is 16.5 Å². The SMILES string of the molecule is CN(C)c1nc(NCC2CCC(CNS(=O)CCCCl)CC2)nc2ccccc12. The molecule has 2 aromatic rings. The van der Waals surface area contributed by atoms with Crippen LogP contribution in [0.15, 0.2) is 24.3 Å². The van der Waals surface area contributed by atoms with Gasteiger partial charge in [-0.15, -0.1) is 11.6 Å². The van der Waals surface area contributed by atoms with Crippen molar-refractivity contribution in [2.45, 2.75) is 32.1 Å². The summed E-state index contributed by atoms with van der Waals surface area (Å²) < 4.78 is 15.0. The van der Waals surface area contributed by atoms with E-state index in [4.69, 9.17) is 16.6 Å². The number of nitrogens with one attached hydrogen (secondary N) is 2. The van der Waals surface area contributed by atoms with Gasteiger partial charge in [-0.2, -0.15) is 4.98 Å². The zero-order valence-corrected chi connectivity index (χ0v) is 18.9. The van der Waals surface area contributed by atoms with Gasteiger partial charge in [0.15, 0.2) is 0 Å². The third kappa shape index (κ3) is 6.52. The number of nitrogens with zero attached hydrogens (tertiary/aromatic N) is 3. The smallest absolute Gasteiger partial charge is 0.225 e. The van der Waals surface area contributed by atoms with Gasteiger partial charge in [-0.05, 0) is 56.1 Å². The van der Waals surface area contributed by atoms with Gasteiger partial charge in [-0.3, -0.25) is 0 Å². The second kappa shape index (κ2) is 11.1. The molecule has 0 spiro atoms. The summed E-state index contributed by atoms with van der Waals surface area (Å²) in [7, 11) is 3.08. The minimum Gasteiger partial charge on any atom is -0.362 e. The summed E-state index contributed by atoms with van der Waals surface area (Å²) in [5, 5.41) is 4.53. The fourth-order valence-electron chi connectivity index (χ4n) is 3.82. The number of aromatic nitrogens is 2. The molecule has 0 bridgehead atoms. The Bertz CT molecular complexity index is 811. The Morgan fingerprint density at radius 1 is 1.10 bits per heavy atom.